The summed E-state index contributed by atoms with van der Waals surface area (Å²) in [5.74, 6) is 0. The highest BCUT2D eigenvalue weighted by Gasteiger charge is 2.29. The molecule has 0 bridgehead atoms. The zero-order valence-corrected chi connectivity index (χ0v) is 10.3. The summed E-state index contributed by atoms with van der Waals surface area (Å²) in [7, 11) is 0. The highest BCUT2D eigenvalue weighted by molar-refractivity contribution is 5.89. The number of urea groups is 1. The topological polar surface area (TPSA) is 61.4 Å². The fraction of sp³-hybridized carbons (Fsp3) is 0.417. The Kier molecular flexibility index (Phi) is 5.17. The lowest BCUT2D eigenvalue weighted by molar-refractivity contribution is -0.137. The molecule has 0 aromatic heterocycles. The van der Waals surface area contributed by atoms with E-state index in [4.69, 9.17) is 5.11 Å². The standard InChI is InChI=1S/C12H15F3N2O2/c1-8(6-7-18)16-11(19)17-10-4-2-9(3-5-10)12(13,14)15/h2-5,8,18H,6-7H2,1H3,(H2,16,17,19)/t8-/m0/s1. The van der Waals surface area contributed by atoms with Crippen molar-refractivity contribution in [1.82, 2.24) is 5.32 Å². The van der Waals surface area contributed by atoms with E-state index in [0.717, 1.165) is 12.1 Å². The van der Waals surface area contributed by atoms with E-state index >= 15 is 0 Å². The maximum Gasteiger partial charge on any atom is 0.416 e. The Morgan fingerprint density at radius 1 is 1.32 bits per heavy atom. The molecule has 2 amide bonds. The lowest BCUT2D eigenvalue weighted by Gasteiger charge is -2.13. The number of aliphatic hydroxyl groups excluding tert-OH is 1. The van der Waals surface area contributed by atoms with Gasteiger partial charge in [0.2, 0.25) is 0 Å². The van der Waals surface area contributed by atoms with E-state index in [9.17, 15) is 18.0 Å². The molecule has 7 heteroatoms. The van der Waals surface area contributed by atoms with E-state index < -0.39 is 17.8 Å². The first-order valence-electron chi connectivity index (χ1n) is 5.68. The van der Waals surface area contributed by atoms with Crippen molar-refractivity contribution in [3.63, 3.8) is 0 Å². The Morgan fingerprint density at radius 3 is 2.37 bits per heavy atom. The molecule has 0 saturated carbocycles. The molecule has 4 nitrogen and oxygen atoms in total. The zero-order chi connectivity index (χ0) is 14.5. The minimum atomic E-state index is -4.39. The normalized spacial score (nSPS) is 12.9. The quantitative estimate of drug-likeness (QED) is 0.791. The highest BCUT2D eigenvalue weighted by Crippen LogP contribution is 2.29. The van der Waals surface area contributed by atoms with Crippen molar-refractivity contribution in [3.05, 3.63) is 29.8 Å². The maximum atomic E-state index is 12.3. The molecule has 0 radical (unpaired) electrons. The van der Waals surface area contributed by atoms with Crippen LogP contribution >= 0.6 is 0 Å². The SMILES string of the molecule is C[C@@H](CCO)NC(=O)Nc1ccc(C(F)(F)F)cc1. The molecule has 0 saturated heterocycles. The summed E-state index contributed by atoms with van der Waals surface area (Å²) in [6.45, 7) is 1.66. The van der Waals surface area contributed by atoms with E-state index in [2.05, 4.69) is 10.6 Å². The number of carbonyl (C=O) groups excluding carboxylic acids is 1. The number of benzene rings is 1. The van der Waals surface area contributed by atoms with Crippen LogP contribution in [0.5, 0.6) is 0 Å². The van der Waals surface area contributed by atoms with Crippen molar-refractivity contribution < 1.29 is 23.1 Å². The van der Waals surface area contributed by atoms with Gasteiger partial charge in [-0.15, -0.1) is 0 Å². The van der Waals surface area contributed by atoms with Crippen LogP contribution in [0, 0.1) is 0 Å². The van der Waals surface area contributed by atoms with Gasteiger partial charge in [0.1, 0.15) is 0 Å². The molecule has 0 heterocycles. The Labute approximate surface area is 108 Å². The number of nitrogens with one attached hydrogen (secondary N) is 2. The molecule has 3 N–H and O–H groups in total. The van der Waals surface area contributed by atoms with Crippen LogP contribution in [0.2, 0.25) is 0 Å². The third kappa shape index (κ3) is 5.17. The molecular weight excluding hydrogens is 261 g/mol. The molecule has 0 aliphatic rings. The molecule has 0 aliphatic carbocycles. The van der Waals surface area contributed by atoms with Gasteiger partial charge < -0.3 is 15.7 Å². The number of alkyl halides is 3. The van der Waals surface area contributed by atoms with Gasteiger partial charge in [0.15, 0.2) is 0 Å². The second kappa shape index (κ2) is 6.42. The zero-order valence-electron chi connectivity index (χ0n) is 10.3. The van der Waals surface area contributed by atoms with Gasteiger partial charge in [0, 0.05) is 18.3 Å². The third-order valence-corrected chi connectivity index (χ3v) is 2.41. The van der Waals surface area contributed by atoms with E-state index in [1.807, 2.05) is 0 Å². The summed E-state index contributed by atoms with van der Waals surface area (Å²) >= 11 is 0. The molecule has 1 aromatic carbocycles. The van der Waals surface area contributed by atoms with E-state index in [-0.39, 0.29) is 18.3 Å². The van der Waals surface area contributed by atoms with Gasteiger partial charge in [-0.1, -0.05) is 0 Å². The monoisotopic (exact) mass is 276 g/mol. The largest absolute Gasteiger partial charge is 0.416 e. The lowest BCUT2D eigenvalue weighted by Crippen LogP contribution is -2.36. The van der Waals surface area contributed by atoms with Crippen molar-refractivity contribution >= 4 is 11.7 Å². The molecule has 1 rings (SSSR count). The smallest absolute Gasteiger partial charge is 0.396 e. The van der Waals surface area contributed by atoms with Crippen LogP contribution in [0.1, 0.15) is 18.9 Å². The van der Waals surface area contributed by atoms with Crippen LogP contribution in [0.4, 0.5) is 23.7 Å². The Morgan fingerprint density at radius 2 is 1.89 bits per heavy atom. The van der Waals surface area contributed by atoms with Crippen molar-refractivity contribution in [3.8, 4) is 0 Å². The number of carbonyl (C=O) groups is 1. The molecule has 1 aromatic rings. The lowest BCUT2D eigenvalue weighted by atomic mass is 10.2. The van der Waals surface area contributed by atoms with E-state index in [1.165, 1.54) is 12.1 Å². The van der Waals surface area contributed by atoms with Crippen LogP contribution in [0.3, 0.4) is 0 Å². The summed E-state index contributed by atoms with van der Waals surface area (Å²) in [6.07, 6.45) is -3.99. The van der Waals surface area contributed by atoms with Crippen LogP contribution in [0.15, 0.2) is 24.3 Å². The number of aliphatic hydroxyl groups is 1. The molecule has 19 heavy (non-hydrogen) atoms. The van der Waals surface area contributed by atoms with Crippen molar-refractivity contribution in [1.29, 1.82) is 0 Å². The van der Waals surface area contributed by atoms with Crippen LogP contribution in [0.25, 0.3) is 0 Å². The van der Waals surface area contributed by atoms with E-state index in [0.29, 0.717) is 6.42 Å². The molecule has 1 atom stereocenters. The number of anilines is 1. The number of rotatable bonds is 4. The fourth-order valence-electron chi connectivity index (χ4n) is 1.40. The van der Waals surface area contributed by atoms with Gasteiger partial charge in [-0.25, -0.2) is 4.79 Å². The second-order valence-corrected chi connectivity index (χ2v) is 4.09. The molecule has 106 valence electrons. The number of hydrogen-bond acceptors (Lipinski definition) is 2. The van der Waals surface area contributed by atoms with Crippen molar-refractivity contribution in [2.75, 3.05) is 11.9 Å². The first-order chi connectivity index (χ1) is 8.82. The molecule has 0 spiro atoms. The van der Waals surface area contributed by atoms with Crippen LogP contribution in [-0.4, -0.2) is 23.8 Å². The van der Waals surface area contributed by atoms with Crippen molar-refractivity contribution in [2.24, 2.45) is 0 Å². The van der Waals surface area contributed by atoms with Crippen molar-refractivity contribution in [2.45, 2.75) is 25.6 Å². The maximum absolute atomic E-state index is 12.3. The molecule has 0 fully saturated rings. The Bertz CT molecular complexity index is 418. The van der Waals surface area contributed by atoms with Crippen LogP contribution < -0.4 is 10.6 Å². The van der Waals surface area contributed by atoms with Gasteiger partial charge in [-0.2, -0.15) is 13.2 Å². The predicted octanol–water partition coefficient (Wildman–Crippen LogP) is 2.60. The first kappa shape index (κ1) is 15.3. The van der Waals surface area contributed by atoms with Gasteiger partial charge >= 0.3 is 12.2 Å². The summed E-state index contributed by atoms with van der Waals surface area (Å²) in [6, 6.07) is 3.40. The predicted molar refractivity (Wildman–Crippen MR) is 64.8 cm³/mol. The number of halogens is 3. The molecular formula is C12H15F3N2O2. The first-order valence-corrected chi connectivity index (χ1v) is 5.68. The average Bonchev–Trinajstić information content (AvgIpc) is 2.28. The average molecular weight is 276 g/mol. The van der Waals surface area contributed by atoms with E-state index in [1.54, 1.807) is 6.92 Å². The van der Waals surface area contributed by atoms with Gasteiger partial charge in [0.05, 0.1) is 5.56 Å². The summed E-state index contributed by atoms with van der Waals surface area (Å²) < 4.78 is 36.9. The number of amides is 2. The van der Waals surface area contributed by atoms with Crippen LogP contribution in [-0.2, 0) is 6.18 Å². The molecule has 0 aliphatic heterocycles. The Hall–Kier alpha value is -1.76. The van der Waals surface area contributed by atoms with Gasteiger partial charge in [0.25, 0.3) is 0 Å². The third-order valence-electron chi connectivity index (χ3n) is 2.41. The van der Waals surface area contributed by atoms with Gasteiger partial charge in [-0.05, 0) is 37.6 Å². The fourth-order valence-corrected chi connectivity index (χ4v) is 1.40. The highest BCUT2D eigenvalue weighted by atomic mass is 19.4. The second-order valence-electron chi connectivity index (χ2n) is 4.09. The summed E-state index contributed by atoms with van der Waals surface area (Å²) in [4.78, 5) is 11.5. The van der Waals surface area contributed by atoms with Gasteiger partial charge in [-0.3, -0.25) is 0 Å². The minimum Gasteiger partial charge on any atom is -0.396 e. The minimum absolute atomic E-state index is 0.0538. The summed E-state index contributed by atoms with van der Waals surface area (Å²) in [5, 5.41) is 13.6. The molecule has 0 unspecified atom stereocenters. The summed E-state index contributed by atoms with van der Waals surface area (Å²) in [5.41, 5.74) is -0.506. The Balaban J connectivity index is 2.56. The number of hydrogen-bond donors (Lipinski definition) is 3.